The molecule has 1 fully saturated rings. The number of nitrogens with one attached hydrogen (secondary N) is 1. The molecule has 1 aliphatic rings. The van der Waals surface area contributed by atoms with Crippen molar-refractivity contribution in [2.24, 2.45) is 5.92 Å². The van der Waals surface area contributed by atoms with Gasteiger partial charge in [0.25, 0.3) is 0 Å². The molecular weight excluding hydrogens is 218 g/mol. The normalized spacial score (nSPS) is 18.4. The highest BCUT2D eigenvalue weighted by molar-refractivity contribution is 5.78. The van der Waals surface area contributed by atoms with Crippen LogP contribution in [0.4, 0.5) is 0 Å². The molecule has 0 aliphatic heterocycles. The third-order valence-corrected chi connectivity index (χ3v) is 3.26. The largest absolute Gasteiger partial charge is 0.394 e. The fourth-order valence-corrected chi connectivity index (χ4v) is 2.28. The van der Waals surface area contributed by atoms with Crippen LogP contribution in [0.2, 0.25) is 0 Å². The molecule has 1 aliphatic carbocycles. The van der Waals surface area contributed by atoms with E-state index in [4.69, 9.17) is 9.84 Å². The molecule has 0 aromatic rings. The lowest BCUT2D eigenvalue weighted by Gasteiger charge is -2.19. The molecule has 0 saturated heterocycles. The van der Waals surface area contributed by atoms with E-state index in [9.17, 15) is 4.79 Å². The Morgan fingerprint density at radius 3 is 2.41 bits per heavy atom. The van der Waals surface area contributed by atoms with Crippen molar-refractivity contribution in [1.82, 2.24) is 5.32 Å². The molecule has 0 bridgehead atoms. The minimum absolute atomic E-state index is 0.0383. The fourth-order valence-electron chi connectivity index (χ4n) is 2.28. The number of aliphatic hydroxyl groups is 1. The van der Waals surface area contributed by atoms with Crippen LogP contribution in [-0.2, 0) is 9.53 Å². The van der Waals surface area contributed by atoms with Crippen molar-refractivity contribution in [3.05, 3.63) is 0 Å². The van der Waals surface area contributed by atoms with Crippen LogP contribution in [0, 0.1) is 5.92 Å². The van der Waals surface area contributed by atoms with Gasteiger partial charge in [0.05, 0.1) is 19.8 Å². The van der Waals surface area contributed by atoms with E-state index in [2.05, 4.69) is 5.32 Å². The molecule has 4 nitrogen and oxygen atoms in total. The summed E-state index contributed by atoms with van der Waals surface area (Å²) in [7, 11) is 0. The first kappa shape index (κ1) is 14.5. The van der Waals surface area contributed by atoms with E-state index in [1.807, 2.05) is 0 Å². The maximum Gasteiger partial charge on any atom is 0.223 e. The predicted octanol–water partition coefficient (Wildman–Crippen LogP) is 1.47. The zero-order valence-electron chi connectivity index (χ0n) is 10.6. The monoisotopic (exact) mass is 243 g/mol. The van der Waals surface area contributed by atoms with Crippen LogP contribution >= 0.6 is 0 Å². The lowest BCUT2D eigenvalue weighted by molar-refractivity contribution is -0.125. The minimum atomic E-state index is 0.0383. The third-order valence-electron chi connectivity index (χ3n) is 3.26. The van der Waals surface area contributed by atoms with Crippen LogP contribution in [0.1, 0.15) is 44.9 Å². The van der Waals surface area contributed by atoms with Crippen molar-refractivity contribution in [1.29, 1.82) is 0 Å². The Balaban J connectivity index is 2.11. The molecule has 0 atom stereocenters. The summed E-state index contributed by atoms with van der Waals surface area (Å²) < 4.78 is 5.10. The average Bonchev–Trinajstić information content (AvgIpc) is 2.28. The van der Waals surface area contributed by atoms with Crippen molar-refractivity contribution < 1.29 is 14.6 Å². The van der Waals surface area contributed by atoms with Gasteiger partial charge in [0, 0.05) is 12.5 Å². The topological polar surface area (TPSA) is 58.6 Å². The Labute approximate surface area is 104 Å². The third kappa shape index (κ3) is 6.64. The molecule has 1 amide bonds. The van der Waals surface area contributed by atoms with E-state index in [0.717, 1.165) is 12.8 Å². The van der Waals surface area contributed by atoms with Gasteiger partial charge in [-0.3, -0.25) is 4.79 Å². The van der Waals surface area contributed by atoms with Crippen LogP contribution in [0.3, 0.4) is 0 Å². The number of hydrogen-bond acceptors (Lipinski definition) is 3. The Morgan fingerprint density at radius 1 is 1.12 bits per heavy atom. The van der Waals surface area contributed by atoms with Crippen molar-refractivity contribution >= 4 is 5.91 Å². The summed E-state index contributed by atoms with van der Waals surface area (Å²) in [6, 6.07) is 0. The first-order valence-electron chi connectivity index (χ1n) is 6.81. The van der Waals surface area contributed by atoms with Crippen molar-refractivity contribution in [3.8, 4) is 0 Å². The zero-order chi connectivity index (χ0) is 12.3. The summed E-state index contributed by atoms with van der Waals surface area (Å²) in [5.74, 6) is 0.382. The Morgan fingerprint density at radius 2 is 1.76 bits per heavy atom. The lowest BCUT2D eigenvalue weighted by atomic mass is 9.90. The van der Waals surface area contributed by atoms with E-state index in [1.165, 1.54) is 32.1 Å². The molecule has 1 saturated carbocycles. The maximum absolute atomic E-state index is 11.9. The second-order valence-corrected chi connectivity index (χ2v) is 4.67. The number of rotatable bonds is 6. The summed E-state index contributed by atoms with van der Waals surface area (Å²) in [6.07, 6.45) is 8.28. The molecule has 17 heavy (non-hydrogen) atoms. The fraction of sp³-hybridized carbons (Fsp3) is 0.923. The van der Waals surface area contributed by atoms with Crippen LogP contribution in [0.15, 0.2) is 0 Å². The van der Waals surface area contributed by atoms with E-state index >= 15 is 0 Å². The molecule has 0 heterocycles. The second kappa shape index (κ2) is 9.42. The summed E-state index contributed by atoms with van der Waals surface area (Å²) in [4.78, 5) is 11.9. The standard InChI is InChI=1S/C13H25NO3/c15-9-11-17-10-8-14-13(16)12-6-4-2-1-3-5-7-12/h12,15H,1-11H2,(H,14,16). The summed E-state index contributed by atoms with van der Waals surface area (Å²) in [5, 5.41) is 11.4. The zero-order valence-corrected chi connectivity index (χ0v) is 10.6. The van der Waals surface area contributed by atoms with E-state index in [-0.39, 0.29) is 18.4 Å². The molecule has 1 rings (SSSR count). The Bertz CT molecular complexity index is 201. The van der Waals surface area contributed by atoms with E-state index in [1.54, 1.807) is 0 Å². The van der Waals surface area contributed by atoms with Gasteiger partial charge in [-0.15, -0.1) is 0 Å². The summed E-state index contributed by atoms with van der Waals surface area (Å²) in [5.41, 5.74) is 0. The smallest absolute Gasteiger partial charge is 0.223 e. The second-order valence-electron chi connectivity index (χ2n) is 4.67. The van der Waals surface area contributed by atoms with Gasteiger partial charge in [0.1, 0.15) is 0 Å². The van der Waals surface area contributed by atoms with Crippen LogP contribution in [0.25, 0.3) is 0 Å². The molecular formula is C13H25NO3. The number of amides is 1. The predicted molar refractivity (Wildman–Crippen MR) is 66.7 cm³/mol. The van der Waals surface area contributed by atoms with Gasteiger partial charge < -0.3 is 15.2 Å². The Kier molecular flexibility index (Phi) is 8.01. The number of hydrogen-bond donors (Lipinski definition) is 2. The highest BCUT2D eigenvalue weighted by Gasteiger charge is 2.18. The van der Waals surface area contributed by atoms with E-state index < -0.39 is 0 Å². The number of ether oxygens (including phenoxy) is 1. The van der Waals surface area contributed by atoms with Gasteiger partial charge in [-0.25, -0.2) is 0 Å². The van der Waals surface area contributed by atoms with Crippen LogP contribution in [0.5, 0.6) is 0 Å². The van der Waals surface area contributed by atoms with Crippen LogP contribution < -0.4 is 5.32 Å². The quantitative estimate of drug-likeness (QED) is 0.695. The van der Waals surface area contributed by atoms with Gasteiger partial charge in [-0.2, -0.15) is 0 Å². The van der Waals surface area contributed by atoms with Gasteiger partial charge in [-0.1, -0.05) is 32.1 Å². The lowest BCUT2D eigenvalue weighted by Crippen LogP contribution is -2.33. The Hall–Kier alpha value is -0.610. The molecule has 100 valence electrons. The van der Waals surface area contributed by atoms with Gasteiger partial charge in [0.2, 0.25) is 5.91 Å². The molecule has 0 spiro atoms. The van der Waals surface area contributed by atoms with Gasteiger partial charge >= 0.3 is 0 Å². The molecule has 0 unspecified atom stereocenters. The van der Waals surface area contributed by atoms with Crippen molar-refractivity contribution in [2.45, 2.75) is 44.9 Å². The highest BCUT2D eigenvalue weighted by Crippen LogP contribution is 2.22. The van der Waals surface area contributed by atoms with Gasteiger partial charge in [-0.05, 0) is 12.8 Å². The van der Waals surface area contributed by atoms with Crippen molar-refractivity contribution in [3.63, 3.8) is 0 Å². The van der Waals surface area contributed by atoms with Crippen molar-refractivity contribution in [2.75, 3.05) is 26.4 Å². The molecule has 0 radical (unpaired) electrons. The number of carbonyl (C=O) groups is 1. The number of aliphatic hydroxyl groups excluding tert-OH is 1. The maximum atomic E-state index is 11.9. The molecule has 2 N–H and O–H groups in total. The molecule has 0 aromatic carbocycles. The summed E-state index contributed by atoms with van der Waals surface area (Å²) >= 11 is 0. The minimum Gasteiger partial charge on any atom is -0.394 e. The first-order valence-corrected chi connectivity index (χ1v) is 6.81. The number of carbonyl (C=O) groups excluding carboxylic acids is 1. The molecule has 0 aromatic heterocycles. The average molecular weight is 243 g/mol. The van der Waals surface area contributed by atoms with Crippen LogP contribution in [-0.4, -0.2) is 37.4 Å². The summed E-state index contributed by atoms with van der Waals surface area (Å²) in [6.45, 7) is 1.42. The van der Waals surface area contributed by atoms with E-state index in [0.29, 0.717) is 19.8 Å². The SMILES string of the molecule is O=C(NCCOCCO)C1CCCCCCC1. The first-order chi connectivity index (χ1) is 8.34. The van der Waals surface area contributed by atoms with Gasteiger partial charge in [0.15, 0.2) is 0 Å². The highest BCUT2D eigenvalue weighted by atomic mass is 16.5. The molecule has 4 heteroatoms.